The molecule has 0 radical (unpaired) electrons. The van der Waals surface area contributed by atoms with E-state index in [1.54, 1.807) is 29.2 Å². The Morgan fingerprint density at radius 3 is 2.82 bits per heavy atom. The lowest BCUT2D eigenvalue weighted by atomic mass is 10.1. The largest absolute Gasteiger partial charge is 0.329 e. The number of nitrogens with zero attached hydrogens (tertiary/aromatic N) is 2. The number of halogens is 1. The van der Waals surface area contributed by atoms with Gasteiger partial charge in [0.2, 0.25) is 0 Å². The van der Waals surface area contributed by atoms with E-state index in [2.05, 4.69) is 10.2 Å². The van der Waals surface area contributed by atoms with Crippen molar-refractivity contribution in [1.82, 2.24) is 9.80 Å². The zero-order valence-electron chi connectivity index (χ0n) is 12.6. The molecule has 2 aliphatic heterocycles. The first-order valence-electron chi connectivity index (χ1n) is 7.67. The second-order valence-electron chi connectivity index (χ2n) is 6.03. The van der Waals surface area contributed by atoms with E-state index in [1.807, 2.05) is 6.92 Å². The van der Waals surface area contributed by atoms with Crippen LogP contribution in [0.3, 0.4) is 0 Å². The number of hydrogen-bond donors (Lipinski definition) is 1. The van der Waals surface area contributed by atoms with Gasteiger partial charge in [0.25, 0.3) is 0 Å². The van der Waals surface area contributed by atoms with Crippen LogP contribution in [0.25, 0.3) is 0 Å². The molecule has 2 atom stereocenters. The number of para-hydroxylation sites is 1. The highest BCUT2D eigenvalue weighted by Gasteiger charge is 2.38. The van der Waals surface area contributed by atoms with Gasteiger partial charge in [-0.3, -0.25) is 14.5 Å². The molecule has 22 heavy (non-hydrogen) atoms. The van der Waals surface area contributed by atoms with Gasteiger partial charge in [0.15, 0.2) is 0 Å². The maximum Gasteiger partial charge on any atom is 0.313 e. The molecule has 2 saturated heterocycles. The van der Waals surface area contributed by atoms with E-state index in [0.29, 0.717) is 23.3 Å². The molecule has 1 N–H and O–H groups in total. The minimum atomic E-state index is -0.619. The molecule has 1 aromatic carbocycles. The molecule has 6 heteroatoms. The number of piperazine rings is 1. The van der Waals surface area contributed by atoms with Crippen LogP contribution in [0, 0.1) is 0 Å². The van der Waals surface area contributed by atoms with Crippen LogP contribution in [0.1, 0.15) is 19.8 Å². The van der Waals surface area contributed by atoms with Crippen LogP contribution in [-0.2, 0) is 9.59 Å². The van der Waals surface area contributed by atoms with Gasteiger partial charge in [-0.25, -0.2) is 0 Å². The highest BCUT2D eigenvalue weighted by atomic mass is 35.5. The highest BCUT2D eigenvalue weighted by molar-refractivity contribution is 6.41. The van der Waals surface area contributed by atoms with Crippen LogP contribution in [0.5, 0.6) is 0 Å². The molecule has 2 amide bonds. The highest BCUT2D eigenvalue weighted by Crippen LogP contribution is 2.25. The average Bonchev–Trinajstić information content (AvgIpc) is 2.95. The fourth-order valence-electron chi connectivity index (χ4n) is 3.34. The van der Waals surface area contributed by atoms with Gasteiger partial charge in [-0.05, 0) is 38.4 Å². The predicted molar refractivity (Wildman–Crippen MR) is 85.9 cm³/mol. The predicted octanol–water partition coefficient (Wildman–Crippen LogP) is 1.97. The molecule has 0 aliphatic carbocycles. The number of benzene rings is 1. The number of carbonyl (C=O) groups excluding carboxylic acids is 2. The molecule has 2 aliphatic rings. The molecule has 5 nitrogen and oxygen atoms in total. The quantitative estimate of drug-likeness (QED) is 0.805. The Morgan fingerprint density at radius 2 is 2.05 bits per heavy atom. The Labute approximate surface area is 135 Å². The van der Waals surface area contributed by atoms with Gasteiger partial charge in [-0.1, -0.05) is 23.7 Å². The lowest BCUT2D eigenvalue weighted by Gasteiger charge is -2.41. The number of fused-ring (bicyclic) bond motifs is 1. The first-order chi connectivity index (χ1) is 10.6. The Kier molecular flexibility index (Phi) is 4.36. The third kappa shape index (κ3) is 2.96. The second-order valence-corrected chi connectivity index (χ2v) is 6.44. The van der Waals surface area contributed by atoms with Crippen LogP contribution in [0.15, 0.2) is 24.3 Å². The van der Waals surface area contributed by atoms with Crippen LogP contribution in [0.2, 0.25) is 5.02 Å². The summed E-state index contributed by atoms with van der Waals surface area (Å²) in [5.41, 5.74) is 0.467. The van der Waals surface area contributed by atoms with E-state index in [0.717, 1.165) is 19.5 Å². The summed E-state index contributed by atoms with van der Waals surface area (Å²) < 4.78 is 0. The standard InChI is InChI=1S/C16H20ClN3O2/c1-11-9-19-8-4-5-12(19)10-20(11)16(22)15(21)18-14-7-3-2-6-13(14)17/h2-3,6-7,11-12H,4-5,8-10H2,1H3,(H,18,21)/t11-,12-/m1/s1. The number of anilines is 1. The molecule has 0 unspecified atom stereocenters. The third-order valence-corrected chi connectivity index (χ3v) is 4.84. The van der Waals surface area contributed by atoms with Gasteiger partial charge < -0.3 is 10.2 Å². The van der Waals surface area contributed by atoms with Crippen LogP contribution < -0.4 is 5.32 Å². The Bertz CT molecular complexity index is 593. The molecular formula is C16H20ClN3O2. The normalized spacial score (nSPS) is 24.9. The molecule has 2 fully saturated rings. The van der Waals surface area contributed by atoms with E-state index < -0.39 is 11.8 Å². The van der Waals surface area contributed by atoms with Gasteiger partial charge in [0, 0.05) is 25.2 Å². The molecule has 0 spiro atoms. The molecule has 0 aromatic heterocycles. The van der Waals surface area contributed by atoms with Gasteiger partial charge >= 0.3 is 11.8 Å². The van der Waals surface area contributed by atoms with Crippen molar-refractivity contribution < 1.29 is 9.59 Å². The average molecular weight is 322 g/mol. The second kappa shape index (κ2) is 6.26. The first-order valence-corrected chi connectivity index (χ1v) is 8.04. The van der Waals surface area contributed by atoms with Crippen molar-refractivity contribution in [3.8, 4) is 0 Å². The lowest BCUT2D eigenvalue weighted by Crippen LogP contribution is -2.58. The van der Waals surface area contributed by atoms with Crippen molar-refractivity contribution >= 4 is 29.1 Å². The molecule has 0 saturated carbocycles. The Hall–Kier alpha value is -1.59. The number of hydrogen-bond acceptors (Lipinski definition) is 3. The molecule has 0 bridgehead atoms. The molecule has 118 valence electrons. The SMILES string of the molecule is C[C@@H]1CN2CCC[C@@H]2CN1C(=O)C(=O)Nc1ccccc1Cl. The van der Waals surface area contributed by atoms with Gasteiger partial charge in [0.05, 0.1) is 10.7 Å². The summed E-state index contributed by atoms with van der Waals surface area (Å²) in [6, 6.07) is 7.37. The number of rotatable bonds is 1. The van der Waals surface area contributed by atoms with Crippen LogP contribution in [-0.4, -0.2) is 53.3 Å². The van der Waals surface area contributed by atoms with E-state index in [4.69, 9.17) is 11.6 Å². The summed E-state index contributed by atoms with van der Waals surface area (Å²) >= 11 is 6.01. The zero-order chi connectivity index (χ0) is 15.7. The van der Waals surface area contributed by atoms with Gasteiger partial charge in [-0.2, -0.15) is 0 Å². The van der Waals surface area contributed by atoms with Crippen molar-refractivity contribution in [2.45, 2.75) is 31.8 Å². The third-order valence-electron chi connectivity index (χ3n) is 4.51. The summed E-state index contributed by atoms with van der Waals surface area (Å²) in [4.78, 5) is 28.8. The molecule has 1 aromatic rings. The van der Waals surface area contributed by atoms with Crippen molar-refractivity contribution in [3.63, 3.8) is 0 Å². The van der Waals surface area contributed by atoms with E-state index in [9.17, 15) is 9.59 Å². The Balaban J connectivity index is 1.67. The number of nitrogens with one attached hydrogen (secondary N) is 1. The summed E-state index contributed by atoms with van der Waals surface area (Å²) in [6.07, 6.45) is 2.27. The van der Waals surface area contributed by atoms with E-state index in [1.165, 1.54) is 6.42 Å². The fraction of sp³-hybridized carbons (Fsp3) is 0.500. The van der Waals surface area contributed by atoms with Crippen molar-refractivity contribution in [1.29, 1.82) is 0 Å². The van der Waals surface area contributed by atoms with E-state index >= 15 is 0 Å². The number of carbonyl (C=O) groups is 2. The fourth-order valence-corrected chi connectivity index (χ4v) is 3.52. The van der Waals surface area contributed by atoms with E-state index in [-0.39, 0.29) is 6.04 Å². The summed E-state index contributed by atoms with van der Waals surface area (Å²) in [5, 5.41) is 3.04. The Morgan fingerprint density at radius 1 is 1.27 bits per heavy atom. The minimum Gasteiger partial charge on any atom is -0.329 e. The van der Waals surface area contributed by atoms with Gasteiger partial charge in [0.1, 0.15) is 0 Å². The monoisotopic (exact) mass is 321 g/mol. The molecule has 2 heterocycles. The summed E-state index contributed by atoms with van der Waals surface area (Å²) in [5.74, 6) is -1.09. The lowest BCUT2D eigenvalue weighted by molar-refractivity contribution is -0.147. The smallest absolute Gasteiger partial charge is 0.313 e. The zero-order valence-corrected chi connectivity index (χ0v) is 13.3. The number of amides is 2. The van der Waals surface area contributed by atoms with Crippen LogP contribution >= 0.6 is 11.6 Å². The molecular weight excluding hydrogens is 302 g/mol. The first kappa shape index (κ1) is 15.3. The van der Waals surface area contributed by atoms with Crippen LogP contribution in [0.4, 0.5) is 5.69 Å². The van der Waals surface area contributed by atoms with Crippen molar-refractivity contribution in [3.05, 3.63) is 29.3 Å². The van der Waals surface area contributed by atoms with Gasteiger partial charge in [-0.15, -0.1) is 0 Å². The van der Waals surface area contributed by atoms with Crippen molar-refractivity contribution in [2.75, 3.05) is 25.0 Å². The minimum absolute atomic E-state index is 0.0545. The van der Waals surface area contributed by atoms with Crippen molar-refractivity contribution in [2.24, 2.45) is 0 Å². The summed E-state index contributed by atoms with van der Waals surface area (Å²) in [6.45, 7) is 4.57. The topological polar surface area (TPSA) is 52.7 Å². The molecule has 3 rings (SSSR count). The summed E-state index contributed by atoms with van der Waals surface area (Å²) in [7, 11) is 0. The maximum absolute atomic E-state index is 12.5. The maximum atomic E-state index is 12.5.